The molecule has 35 heavy (non-hydrogen) atoms. The number of alkyl carbamates (subject to hydrolysis) is 1. The molecule has 0 unspecified atom stereocenters. The van der Waals surface area contributed by atoms with E-state index in [9.17, 15) is 9.59 Å². The van der Waals surface area contributed by atoms with Crippen molar-refractivity contribution in [1.82, 2.24) is 35.1 Å². The van der Waals surface area contributed by atoms with Crippen LogP contribution in [0.4, 0.5) is 10.6 Å². The molecule has 3 aromatic rings. The Morgan fingerprint density at radius 3 is 2.69 bits per heavy atom. The van der Waals surface area contributed by atoms with Crippen LogP contribution < -0.4 is 16.0 Å². The molecular weight excluding hydrogens is 515 g/mol. The Bertz CT molecular complexity index is 1160. The third kappa shape index (κ3) is 5.95. The maximum Gasteiger partial charge on any atom is 0.407 e. The summed E-state index contributed by atoms with van der Waals surface area (Å²) in [5.41, 5.74) is 1.15. The van der Waals surface area contributed by atoms with E-state index < -0.39 is 6.09 Å². The highest BCUT2D eigenvalue weighted by Crippen LogP contribution is 2.27. The van der Waals surface area contributed by atoms with E-state index >= 15 is 0 Å². The fourth-order valence-electron chi connectivity index (χ4n) is 4.23. The summed E-state index contributed by atoms with van der Waals surface area (Å²) in [6.45, 7) is 2.87. The number of rotatable bonds is 5. The van der Waals surface area contributed by atoms with Crippen LogP contribution in [-0.2, 0) is 4.74 Å². The summed E-state index contributed by atoms with van der Waals surface area (Å²) >= 11 is 1.55. The van der Waals surface area contributed by atoms with Gasteiger partial charge in [0.05, 0.1) is 18.9 Å². The quantitative estimate of drug-likeness (QED) is 0.448. The zero-order valence-corrected chi connectivity index (χ0v) is 21.5. The molecule has 0 radical (unpaired) electrons. The minimum atomic E-state index is -0.446. The molecule has 2 saturated heterocycles. The molecule has 11 nitrogen and oxygen atoms in total. The number of carbonyl (C=O) groups is 2. The average Bonchev–Trinajstić information content (AvgIpc) is 3.58. The van der Waals surface area contributed by atoms with Crippen molar-refractivity contribution in [2.45, 2.75) is 31.3 Å². The lowest BCUT2D eigenvalue weighted by Gasteiger charge is -2.32. The largest absolute Gasteiger partial charge is 0.453 e. The lowest BCUT2D eigenvalue weighted by atomic mass is 10.0. The number of fused-ring (bicyclic) bond motifs is 1. The van der Waals surface area contributed by atoms with Gasteiger partial charge < -0.3 is 25.6 Å². The SMILES string of the molecule is COC(=O)NC1CCN(C(=O)c2cc(N[C@H]3CCNC3)nc(-c3cnn4ccsc34)n2)CC1.Cl.Cl. The van der Waals surface area contributed by atoms with Gasteiger partial charge in [-0.2, -0.15) is 5.10 Å². The summed E-state index contributed by atoms with van der Waals surface area (Å²) in [5.74, 6) is 0.974. The molecular formula is C21H28Cl2N8O3S. The highest BCUT2D eigenvalue weighted by molar-refractivity contribution is 7.16. The van der Waals surface area contributed by atoms with E-state index in [0.29, 0.717) is 43.3 Å². The molecule has 2 amide bonds. The number of anilines is 1. The molecule has 3 N–H and O–H groups in total. The topological polar surface area (TPSA) is 126 Å². The Morgan fingerprint density at radius 2 is 1.97 bits per heavy atom. The molecule has 0 bridgehead atoms. The monoisotopic (exact) mass is 542 g/mol. The van der Waals surface area contributed by atoms with E-state index in [0.717, 1.165) is 29.9 Å². The standard InChI is InChI=1S/C21H26N8O3S.2ClH/c1-32-21(31)25-13-3-6-28(7-4-13)19(30)16-10-17(24-14-2-5-22-11-14)27-18(26-16)15-12-23-29-8-9-33-20(15)29;;/h8-10,12-14,22H,2-7,11H2,1H3,(H,25,31)(H,24,26,27);2*1H/t14-;;/m0../s1. The summed E-state index contributed by atoms with van der Waals surface area (Å²) in [6, 6.07) is 1.98. The summed E-state index contributed by atoms with van der Waals surface area (Å²) in [5, 5.41) is 15.9. The van der Waals surface area contributed by atoms with E-state index in [1.165, 1.54) is 7.11 Å². The zero-order valence-electron chi connectivity index (χ0n) is 19.1. The van der Waals surface area contributed by atoms with Crippen molar-refractivity contribution in [3.05, 3.63) is 29.5 Å². The fourth-order valence-corrected chi connectivity index (χ4v) is 5.03. The second kappa shape index (κ2) is 11.8. The second-order valence-electron chi connectivity index (χ2n) is 8.21. The Labute approximate surface area is 218 Å². The van der Waals surface area contributed by atoms with Crippen LogP contribution in [-0.4, -0.2) is 81.9 Å². The zero-order chi connectivity index (χ0) is 22.8. The summed E-state index contributed by atoms with van der Waals surface area (Å²) in [7, 11) is 1.35. The van der Waals surface area contributed by atoms with Crippen LogP contribution >= 0.6 is 36.2 Å². The van der Waals surface area contributed by atoms with Crippen LogP contribution in [0.25, 0.3) is 16.2 Å². The van der Waals surface area contributed by atoms with Crippen molar-refractivity contribution in [2.75, 3.05) is 38.6 Å². The van der Waals surface area contributed by atoms with Gasteiger partial charge in [0.25, 0.3) is 5.91 Å². The molecule has 190 valence electrons. The number of hydrogen-bond acceptors (Lipinski definition) is 9. The van der Waals surface area contributed by atoms with Gasteiger partial charge in [0.15, 0.2) is 5.82 Å². The number of halogens is 2. The normalized spacial score (nSPS) is 18.0. The molecule has 2 aliphatic rings. The van der Waals surface area contributed by atoms with Gasteiger partial charge in [-0.25, -0.2) is 19.3 Å². The molecule has 2 aliphatic heterocycles. The molecule has 5 rings (SSSR count). The van der Waals surface area contributed by atoms with Gasteiger partial charge in [-0.1, -0.05) is 0 Å². The minimum absolute atomic E-state index is 0. The molecule has 14 heteroatoms. The van der Waals surface area contributed by atoms with Crippen molar-refractivity contribution in [3.8, 4) is 11.4 Å². The lowest BCUT2D eigenvalue weighted by molar-refractivity contribution is 0.0698. The van der Waals surface area contributed by atoms with Crippen molar-refractivity contribution in [3.63, 3.8) is 0 Å². The first-order valence-corrected chi connectivity index (χ1v) is 11.9. The minimum Gasteiger partial charge on any atom is -0.453 e. The van der Waals surface area contributed by atoms with Crippen LogP contribution in [0.2, 0.25) is 0 Å². The first-order chi connectivity index (χ1) is 16.1. The number of ether oxygens (including phenoxy) is 1. The number of piperidine rings is 1. The number of likely N-dealkylation sites (tertiary alicyclic amines) is 1. The predicted octanol–water partition coefficient (Wildman–Crippen LogP) is 2.43. The summed E-state index contributed by atoms with van der Waals surface area (Å²) in [4.78, 5) is 36.9. The van der Waals surface area contributed by atoms with E-state index in [-0.39, 0.29) is 42.8 Å². The van der Waals surface area contributed by atoms with Crippen LogP contribution in [0.3, 0.4) is 0 Å². The van der Waals surface area contributed by atoms with Gasteiger partial charge in [-0.3, -0.25) is 4.79 Å². The van der Waals surface area contributed by atoms with E-state index in [2.05, 4.69) is 30.8 Å². The Hall–Kier alpha value is -2.67. The third-order valence-corrected chi connectivity index (χ3v) is 6.91. The number of methoxy groups -OCH3 is 1. The number of nitrogens with zero attached hydrogens (tertiary/aromatic N) is 5. The average molecular weight is 543 g/mol. The number of aromatic nitrogens is 4. The van der Waals surface area contributed by atoms with Gasteiger partial charge in [-0.15, -0.1) is 36.2 Å². The number of carbonyl (C=O) groups excluding carboxylic acids is 2. The molecule has 0 saturated carbocycles. The molecule has 5 heterocycles. The highest BCUT2D eigenvalue weighted by Gasteiger charge is 2.27. The van der Waals surface area contributed by atoms with Crippen molar-refractivity contribution >= 4 is 58.8 Å². The smallest absolute Gasteiger partial charge is 0.407 e. The molecule has 0 spiro atoms. The lowest BCUT2D eigenvalue weighted by Crippen LogP contribution is -2.46. The molecule has 3 aromatic heterocycles. The van der Waals surface area contributed by atoms with Gasteiger partial charge in [0, 0.05) is 49.4 Å². The van der Waals surface area contributed by atoms with Crippen molar-refractivity contribution in [2.24, 2.45) is 0 Å². The first kappa shape index (κ1) is 26.9. The predicted molar refractivity (Wildman–Crippen MR) is 138 cm³/mol. The first-order valence-electron chi connectivity index (χ1n) is 11.0. The van der Waals surface area contributed by atoms with E-state index in [4.69, 9.17) is 4.98 Å². The fraction of sp³-hybridized carbons (Fsp3) is 0.476. The number of nitrogens with one attached hydrogen (secondary N) is 3. The van der Waals surface area contributed by atoms with Gasteiger partial charge in [-0.05, 0) is 25.8 Å². The summed E-state index contributed by atoms with van der Waals surface area (Å²) < 4.78 is 6.46. The van der Waals surface area contributed by atoms with Crippen LogP contribution in [0.5, 0.6) is 0 Å². The third-order valence-electron chi connectivity index (χ3n) is 6.02. The Balaban J connectivity index is 0.00000171. The van der Waals surface area contributed by atoms with Crippen LogP contribution in [0.15, 0.2) is 23.8 Å². The van der Waals surface area contributed by atoms with E-state index in [1.54, 1.807) is 33.0 Å². The van der Waals surface area contributed by atoms with Crippen molar-refractivity contribution < 1.29 is 14.3 Å². The van der Waals surface area contributed by atoms with Crippen molar-refractivity contribution in [1.29, 1.82) is 0 Å². The molecule has 2 fully saturated rings. The molecule has 1 atom stereocenters. The van der Waals surface area contributed by atoms with Gasteiger partial charge in [0.2, 0.25) is 0 Å². The molecule has 0 aliphatic carbocycles. The maximum atomic E-state index is 13.4. The van der Waals surface area contributed by atoms with Crippen LogP contribution in [0.1, 0.15) is 29.8 Å². The second-order valence-corrected chi connectivity index (χ2v) is 9.10. The van der Waals surface area contributed by atoms with Gasteiger partial charge >= 0.3 is 6.09 Å². The number of amides is 2. The number of hydrogen-bond donors (Lipinski definition) is 3. The van der Waals surface area contributed by atoms with E-state index in [1.807, 2.05) is 11.6 Å². The van der Waals surface area contributed by atoms with Gasteiger partial charge in [0.1, 0.15) is 16.3 Å². The Morgan fingerprint density at radius 1 is 1.17 bits per heavy atom. The molecule has 0 aromatic carbocycles. The maximum absolute atomic E-state index is 13.4. The number of thiazole rings is 1. The summed E-state index contributed by atoms with van der Waals surface area (Å²) in [6.07, 6.45) is 5.49. The van der Waals surface area contributed by atoms with Crippen LogP contribution in [0, 0.1) is 0 Å². The Kier molecular flexibility index (Phi) is 9.11. The highest BCUT2D eigenvalue weighted by atomic mass is 35.5.